The first-order chi connectivity index (χ1) is 12.6. The second kappa shape index (κ2) is 8.72. The number of benzene rings is 2. The minimum atomic E-state index is -0.196. The van der Waals surface area contributed by atoms with Gasteiger partial charge in [0, 0.05) is 12.3 Å². The SMILES string of the molecule is Cc1ccc(OCC(=O)Nc2ccc(OC[C@H]3CCCO3)cc2)c(C)c1. The van der Waals surface area contributed by atoms with Gasteiger partial charge in [-0.05, 0) is 62.6 Å². The third-order valence-electron chi connectivity index (χ3n) is 4.29. The molecule has 0 aliphatic carbocycles. The van der Waals surface area contributed by atoms with Crippen molar-refractivity contribution in [3.8, 4) is 11.5 Å². The summed E-state index contributed by atoms with van der Waals surface area (Å²) < 4.78 is 16.8. The Labute approximate surface area is 154 Å². The van der Waals surface area contributed by atoms with E-state index in [4.69, 9.17) is 14.2 Å². The van der Waals surface area contributed by atoms with Crippen LogP contribution in [0.5, 0.6) is 11.5 Å². The fourth-order valence-corrected chi connectivity index (χ4v) is 2.90. The van der Waals surface area contributed by atoms with E-state index in [0.29, 0.717) is 12.3 Å². The van der Waals surface area contributed by atoms with E-state index in [2.05, 4.69) is 5.32 Å². The number of rotatable bonds is 7. The minimum absolute atomic E-state index is 0.0266. The van der Waals surface area contributed by atoms with E-state index in [9.17, 15) is 4.79 Å². The van der Waals surface area contributed by atoms with E-state index < -0.39 is 0 Å². The van der Waals surface area contributed by atoms with Crippen molar-refractivity contribution in [3.63, 3.8) is 0 Å². The van der Waals surface area contributed by atoms with Gasteiger partial charge in [0.2, 0.25) is 0 Å². The average molecular weight is 355 g/mol. The first kappa shape index (κ1) is 18.3. The van der Waals surface area contributed by atoms with E-state index >= 15 is 0 Å². The number of hydrogen-bond acceptors (Lipinski definition) is 4. The second-order valence-corrected chi connectivity index (χ2v) is 6.58. The maximum Gasteiger partial charge on any atom is 0.262 e. The largest absolute Gasteiger partial charge is 0.491 e. The molecule has 0 spiro atoms. The number of hydrogen-bond donors (Lipinski definition) is 1. The molecule has 3 rings (SSSR count). The van der Waals surface area contributed by atoms with Gasteiger partial charge < -0.3 is 19.5 Å². The van der Waals surface area contributed by atoms with Crippen molar-refractivity contribution in [1.82, 2.24) is 0 Å². The Morgan fingerprint density at radius 3 is 2.65 bits per heavy atom. The molecule has 2 aromatic rings. The van der Waals surface area contributed by atoms with Gasteiger partial charge in [-0.2, -0.15) is 0 Å². The van der Waals surface area contributed by atoms with E-state index in [0.717, 1.165) is 36.5 Å². The van der Waals surface area contributed by atoms with Crippen molar-refractivity contribution in [2.24, 2.45) is 0 Å². The van der Waals surface area contributed by atoms with Crippen LogP contribution in [0, 0.1) is 13.8 Å². The van der Waals surface area contributed by atoms with Crippen LogP contribution in [0.3, 0.4) is 0 Å². The molecule has 1 amide bonds. The van der Waals surface area contributed by atoms with Crippen LogP contribution < -0.4 is 14.8 Å². The number of ether oxygens (including phenoxy) is 3. The van der Waals surface area contributed by atoms with E-state index in [1.54, 1.807) is 0 Å². The Morgan fingerprint density at radius 2 is 1.96 bits per heavy atom. The third-order valence-corrected chi connectivity index (χ3v) is 4.29. The van der Waals surface area contributed by atoms with Crippen LogP contribution >= 0.6 is 0 Å². The molecule has 1 atom stereocenters. The number of amides is 1. The van der Waals surface area contributed by atoms with Crippen LogP contribution in [0.15, 0.2) is 42.5 Å². The first-order valence-corrected chi connectivity index (χ1v) is 8.94. The number of carbonyl (C=O) groups excluding carboxylic acids is 1. The predicted octanol–water partition coefficient (Wildman–Crippen LogP) is 3.88. The maximum absolute atomic E-state index is 12.1. The normalized spacial score (nSPS) is 16.3. The Hall–Kier alpha value is -2.53. The molecule has 0 bridgehead atoms. The zero-order valence-electron chi connectivity index (χ0n) is 15.3. The van der Waals surface area contributed by atoms with Gasteiger partial charge in [0.25, 0.3) is 5.91 Å². The summed E-state index contributed by atoms with van der Waals surface area (Å²) in [5.41, 5.74) is 2.90. The number of aryl methyl sites for hydroxylation is 2. The molecule has 0 radical (unpaired) electrons. The van der Waals surface area contributed by atoms with Gasteiger partial charge in [-0.25, -0.2) is 0 Å². The molecule has 0 saturated carbocycles. The molecule has 1 N–H and O–H groups in total. The van der Waals surface area contributed by atoms with Gasteiger partial charge in [-0.15, -0.1) is 0 Å². The quantitative estimate of drug-likeness (QED) is 0.819. The van der Waals surface area contributed by atoms with Gasteiger partial charge in [0.15, 0.2) is 6.61 Å². The van der Waals surface area contributed by atoms with Crippen LogP contribution in [-0.4, -0.2) is 31.8 Å². The second-order valence-electron chi connectivity index (χ2n) is 6.58. The fraction of sp³-hybridized carbons (Fsp3) is 0.381. The summed E-state index contributed by atoms with van der Waals surface area (Å²) in [6.07, 6.45) is 2.34. The molecule has 1 aliphatic heterocycles. The van der Waals surface area contributed by atoms with Crippen molar-refractivity contribution in [2.75, 3.05) is 25.1 Å². The topological polar surface area (TPSA) is 56.8 Å². The lowest BCUT2D eigenvalue weighted by atomic mass is 10.1. The fourth-order valence-electron chi connectivity index (χ4n) is 2.90. The molecule has 0 aromatic heterocycles. The standard InChI is InChI=1S/C21H25NO4/c1-15-5-10-20(16(2)12-15)26-14-21(23)22-17-6-8-18(9-7-17)25-13-19-4-3-11-24-19/h5-10,12,19H,3-4,11,13-14H2,1-2H3,(H,22,23)/t19-/m1/s1. The molecule has 1 aliphatic rings. The highest BCUT2D eigenvalue weighted by Crippen LogP contribution is 2.20. The summed E-state index contributed by atoms with van der Waals surface area (Å²) >= 11 is 0. The van der Waals surface area contributed by atoms with Gasteiger partial charge in [0.05, 0.1) is 6.10 Å². The molecule has 1 heterocycles. The van der Waals surface area contributed by atoms with Crippen molar-refractivity contribution >= 4 is 11.6 Å². The zero-order chi connectivity index (χ0) is 18.4. The monoisotopic (exact) mass is 355 g/mol. The van der Waals surface area contributed by atoms with Crippen LogP contribution in [-0.2, 0) is 9.53 Å². The average Bonchev–Trinajstić information content (AvgIpc) is 3.14. The molecule has 5 heteroatoms. The molecular formula is C21H25NO4. The van der Waals surface area contributed by atoms with Crippen molar-refractivity contribution in [2.45, 2.75) is 32.8 Å². The number of carbonyl (C=O) groups is 1. The number of anilines is 1. The smallest absolute Gasteiger partial charge is 0.262 e. The summed E-state index contributed by atoms with van der Waals surface area (Å²) in [5.74, 6) is 1.30. The predicted molar refractivity (Wildman–Crippen MR) is 101 cm³/mol. The summed E-state index contributed by atoms with van der Waals surface area (Å²) in [6, 6.07) is 13.2. The molecule has 138 valence electrons. The highest BCUT2D eigenvalue weighted by Gasteiger charge is 2.15. The lowest BCUT2D eigenvalue weighted by Crippen LogP contribution is -2.20. The van der Waals surface area contributed by atoms with Crippen LogP contribution in [0.2, 0.25) is 0 Å². The first-order valence-electron chi connectivity index (χ1n) is 8.94. The lowest BCUT2D eigenvalue weighted by Gasteiger charge is -2.12. The molecular weight excluding hydrogens is 330 g/mol. The Kier molecular flexibility index (Phi) is 6.12. The molecule has 1 fully saturated rings. The zero-order valence-corrected chi connectivity index (χ0v) is 15.3. The maximum atomic E-state index is 12.1. The third kappa shape index (κ3) is 5.23. The summed E-state index contributed by atoms with van der Waals surface area (Å²) in [4.78, 5) is 12.1. The van der Waals surface area contributed by atoms with Gasteiger partial charge >= 0.3 is 0 Å². The molecule has 26 heavy (non-hydrogen) atoms. The lowest BCUT2D eigenvalue weighted by molar-refractivity contribution is -0.118. The Balaban J connectivity index is 1.44. The Bertz CT molecular complexity index is 736. The van der Waals surface area contributed by atoms with Gasteiger partial charge in [-0.3, -0.25) is 4.79 Å². The molecule has 5 nitrogen and oxygen atoms in total. The van der Waals surface area contributed by atoms with Crippen molar-refractivity contribution in [3.05, 3.63) is 53.6 Å². The highest BCUT2D eigenvalue weighted by atomic mass is 16.5. The van der Waals surface area contributed by atoms with Crippen molar-refractivity contribution in [1.29, 1.82) is 0 Å². The van der Waals surface area contributed by atoms with Gasteiger partial charge in [0.1, 0.15) is 18.1 Å². The molecule has 0 unspecified atom stereocenters. The summed E-state index contributed by atoms with van der Waals surface area (Å²) in [5, 5.41) is 2.82. The van der Waals surface area contributed by atoms with Crippen LogP contribution in [0.25, 0.3) is 0 Å². The molecule has 2 aromatic carbocycles. The number of nitrogens with one attached hydrogen (secondary N) is 1. The van der Waals surface area contributed by atoms with E-state index in [1.165, 1.54) is 5.56 Å². The molecule has 1 saturated heterocycles. The van der Waals surface area contributed by atoms with Crippen LogP contribution in [0.1, 0.15) is 24.0 Å². The van der Waals surface area contributed by atoms with Crippen LogP contribution in [0.4, 0.5) is 5.69 Å². The Morgan fingerprint density at radius 1 is 1.15 bits per heavy atom. The summed E-state index contributed by atoms with van der Waals surface area (Å²) in [7, 11) is 0. The van der Waals surface area contributed by atoms with E-state index in [-0.39, 0.29) is 18.6 Å². The van der Waals surface area contributed by atoms with E-state index in [1.807, 2.05) is 56.3 Å². The highest BCUT2D eigenvalue weighted by molar-refractivity contribution is 5.91. The minimum Gasteiger partial charge on any atom is -0.491 e. The van der Waals surface area contributed by atoms with Gasteiger partial charge in [-0.1, -0.05) is 17.7 Å². The van der Waals surface area contributed by atoms with Crippen molar-refractivity contribution < 1.29 is 19.0 Å². The summed E-state index contributed by atoms with van der Waals surface area (Å²) in [6.45, 7) is 5.35.